The third-order valence-corrected chi connectivity index (χ3v) is 8.84. The molecule has 0 spiro atoms. The van der Waals surface area contributed by atoms with Crippen molar-refractivity contribution in [2.45, 2.75) is 63.8 Å². The number of fused-ring (bicyclic) bond motifs is 3. The Kier molecular flexibility index (Phi) is 5.36. The van der Waals surface area contributed by atoms with Gasteiger partial charge in [-0.25, -0.2) is 4.39 Å². The number of benzene rings is 1. The largest absolute Gasteiger partial charge is 0.505 e. The van der Waals surface area contributed by atoms with E-state index < -0.39 is 35.2 Å². The molecule has 4 aliphatic carbocycles. The molecule has 5 aliphatic rings. The summed E-state index contributed by atoms with van der Waals surface area (Å²) in [5.41, 5.74) is 2.24. The predicted octanol–water partition coefficient (Wildman–Crippen LogP) is 4.29. The highest BCUT2D eigenvalue weighted by molar-refractivity contribution is 6.23. The maximum absolute atomic E-state index is 14.5. The number of ketones is 2. The molecule has 6 rings (SSSR count). The van der Waals surface area contributed by atoms with Crippen LogP contribution in [0.4, 0.5) is 4.39 Å². The Labute approximate surface area is 208 Å². The summed E-state index contributed by atoms with van der Waals surface area (Å²) in [6.45, 7) is 1.59. The van der Waals surface area contributed by atoms with Crippen molar-refractivity contribution < 1.29 is 28.7 Å². The van der Waals surface area contributed by atoms with Crippen LogP contribution in [0.25, 0.3) is 0 Å². The van der Waals surface area contributed by atoms with Crippen molar-refractivity contribution in [3.63, 3.8) is 0 Å². The van der Waals surface area contributed by atoms with Gasteiger partial charge in [0.25, 0.3) is 0 Å². The molecular formula is C29H28FNO5. The summed E-state index contributed by atoms with van der Waals surface area (Å²) in [5.74, 6) is -4.33. The van der Waals surface area contributed by atoms with Crippen molar-refractivity contribution >= 4 is 23.4 Å². The van der Waals surface area contributed by atoms with Gasteiger partial charge in [0.2, 0.25) is 11.8 Å². The first kappa shape index (κ1) is 23.1. The molecule has 1 heterocycles. The molecule has 0 bridgehead atoms. The van der Waals surface area contributed by atoms with Crippen LogP contribution in [0.2, 0.25) is 0 Å². The Hall–Kier alpha value is -3.35. The Balaban J connectivity index is 1.47. The van der Waals surface area contributed by atoms with Crippen LogP contribution in [0.1, 0.15) is 63.4 Å². The van der Waals surface area contributed by atoms with Gasteiger partial charge in [-0.05, 0) is 62.3 Å². The van der Waals surface area contributed by atoms with E-state index in [0.29, 0.717) is 28.7 Å². The van der Waals surface area contributed by atoms with E-state index in [1.807, 2.05) is 6.08 Å². The van der Waals surface area contributed by atoms with Gasteiger partial charge in [-0.3, -0.25) is 24.1 Å². The molecule has 6 nitrogen and oxygen atoms in total. The number of aromatic hydroxyl groups is 1. The number of carbonyl (C=O) groups excluding carboxylic acids is 4. The number of rotatable bonds is 2. The zero-order valence-corrected chi connectivity index (χ0v) is 20.1. The fourth-order valence-corrected chi connectivity index (χ4v) is 7.17. The van der Waals surface area contributed by atoms with Crippen molar-refractivity contribution in [3.05, 3.63) is 64.0 Å². The number of allylic oxidation sites excluding steroid dienone is 6. The smallest absolute Gasteiger partial charge is 0.233 e. The maximum Gasteiger partial charge on any atom is 0.233 e. The van der Waals surface area contributed by atoms with Crippen LogP contribution < -0.4 is 0 Å². The molecule has 1 saturated heterocycles. The van der Waals surface area contributed by atoms with E-state index in [0.717, 1.165) is 37.7 Å². The van der Waals surface area contributed by atoms with Gasteiger partial charge < -0.3 is 5.11 Å². The van der Waals surface area contributed by atoms with Crippen molar-refractivity contribution in [2.75, 3.05) is 0 Å². The molecule has 0 unspecified atom stereocenters. The number of Topliss-reactive ketones (excluding diaryl/α,β-unsaturated/α-hetero) is 1. The molecule has 2 fully saturated rings. The lowest BCUT2D eigenvalue weighted by atomic mass is 9.59. The quantitative estimate of drug-likeness (QED) is 0.380. The lowest BCUT2D eigenvalue weighted by Gasteiger charge is -2.42. The van der Waals surface area contributed by atoms with Gasteiger partial charge in [-0.1, -0.05) is 37.0 Å². The molecule has 36 heavy (non-hydrogen) atoms. The minimum absolute atomic E-state index is 0.0726. The first-order valence-electron chi connectivity index (χ1n) is 12.8. The van der Waals surface area contributed by atoms with E-state index in [2.05, 4.69) is 0 Å². The van der Waals surface area contributed by atoms with Crippen LogP contribution in [0.5, 0.6) is 5.75 Å². The standard InChI is InChI=1S/C29H28FNO5/c1-14-11-23(33)20-13-19-17(24(26(20)27(14)34)15-7-10-22(32)21(30)12-15)8-9-18-25(19)29(36)31(28(18)35)16-5-3-2-4-6-16/h7-8,10-12,16,18-19,24-25,32H,2-6,9,13H2,1H3/t18-,19+,24-,25-/m0/s1. The molecule has 1 saturated carbocycles. The number of hydrogen-bond donors (Lipinski definition) is 1. The average molecular weight is 490 g/mol. The van der Waals surface area contributed by atoms with Crippen molar-refractivity contribution in [1.29, 1.82) is 0 Å². The van der Waals surface area contributed by atoms with E-state index in [-0.39, 0.29) is 35.8 Å². The Morgan fingerprint density at radius 3 is 2.47 bits per heavy atom. The Bertz CT molecular complexity index is 1310. The molecule has 4 atom stereocenters. The number of amides is 2. The SMILES string of the molecule is CC1=CC(=O)C2=C(C1=O)[C@@H](c1ccc(O)c(F)c1)C1=CC[C@@H]3C(=O)N(C4CCCCC4)C(=O)[C@@H]3[C@@H]1C2. The molecular weight excluding hydrogens is 461 g/mol. The minimum atomic E-state index is -0.816. The molecule has 1 aromatic rings. The summed E-state index contributed by atoms with van der Waals surface area (Å²) in [7, 11) is 0. The van der Waals surface area contributed by atoms with Gasteiger partial charge >= 0.3 is 0 Å². The second-order valence-electron chi connectivity index (χ2n) is 10.8. The zero-order valence-electron chi connectivity index (χ0n) is 20.1. The van der Waals surface area contributed by atoms with Crippen LogP contribution in [0.15, 0.2) is 52.6 Å². The number of halogens is 1. The van der Waals surface area contributed by atoms with Crippen molar-refractivity contribution in [1.82, 2.24) is 4.90 Å². The van der Waals surface area contributed by atoms with E-state index in [9.17, 15) is 28.7 Å². The number of imide groups is 1. The lowest BCUT2D eigenvalue weighted by molar-refractivity contribution is -0.143. The first-order valence-corrected chi connectivity index (χ1v) is 12.8. The molecule has 0 radical (unpaired) electrons. The second-order valence-corrected chi connectivity index (χ2v) is 10.8. The molecule has 1 N–H and O–H groups in total. The molecule has 2 amide bonds. The molecule has 0 aromatic heterocycles. The maximum atomic E-state index is 14.5. The first-order chi connectivity index (χ1) is 17.3. The van der Waals surface area contributed by atoms with E-state index in [1.54, 1.807) is 13.0 Å². The van der Waals surface area contributed by atoms with Crippen LogP contribution in [0.3, 0.4) is 0 Å². The van der Waals surface area contributed by atoms with Gasteiger partial charge in [0, 0.05) is 28.7 Å². The number of carbonyl (C=O) groups is 4. The number of phenolic OH excluding ortho intramolecular Hbond substituents is 1. The molecule has 7 heteroatoms. The normalized spacial score (nSPS) is 30.7. The number of likely N-dealkylation sites (tertiary alicyclic amines) is 1. The van der Waals surface area contributed by atoms with Crippen LogP contribution in [0, 0.1) is 23.6 Å². The second kappa shape index (κ2) is 8.36. The third-order valence-electron chi connectivity index (χ3n) is 8.84. The van der Waals surface area contributed by atoms with Gasteiger partial charge in [0.1, 0.15) is 0 Å². The summed E-state index contributed by atoms with van der Waals surface area (Å²) < 4.78 is 14.5. The summed E-state index contributed by atoms with van der Waals surface area (Å²) >= 11 is 0. The zero-order chi connectivity index (χ0) is 25.3. The molecule has 1 aliphatic heterocycles. The highest BCUT2D eigenvalue weighted by Crippen LogP contribution is 2.55. The Morgan fingerprint density at radius 1 is 1.00 bits per heavy atom. The van der Waals surface area contributed by atoms with Gasteiger partial charge in [0.05, 0.1) is 11.8 Å². The fourth-order valence-electron chi connectivity index (χ4n) is 7.17. The van der Waals surface area contributed by atoms with Crippen LogP contribution >= 0.6 is 0 Å². The monoisotopic (exact) mass is 489 g/mol. The lowest BCUT2D eigenvalue weighted by Crippen LogP contribution is -2.43. The van der Waals surface area contributed by atoms with Crippen LogP contribution in [-0.4, -0.2) is 39.4 Å². The number of phenols is 1. The summed E-state index contributed by atoms with van der Waals surface area (Å²) in [6, 6.07) is 3.93. The van der Waals surface area contributed by atoms with E-state index in [4.69, 9.17) is 0 Å². The molecule has 186 valence electrons. The van der Waals surface area contributed by atoms with E-state index >= 15 is 0 Å². The average Bonchev–Trinajstić information content (AvgIpc) is 3.13. The highest BCUT2D eigenvalue weighted by atomic mass is 19.1. The number of hydrogen-bond acceptors (Lipinski definition) is 5. The van der Waals surface area contributed by atoms with Gasteiger partial charge in [-0.15, -0.1) is 0 Å². The van der Waals surface area contributed by atoms with E-state index in [1.165, 1.54) is 23.1 Å². The third kappa shape index (κ3) is 3.28. The molecule has 1 aromatic carbocycles. The number of nitrogens with zero attached hydrogens (tertiary/aromatic N) is 1. The van der Waals surface area contributed by atoms with Crippen molar-refractivity contribution in [2.24, 2.45) is 17.8 Å². The highest BCUT2D eigenvalue weighted by Gasteiger charge is 2.57. The van der Waals surface area contributed by atoms with Gasteiger partial charge in [0.15, 0.2) is 23.1 Å². The van der Waals surface area contributed by atoms with Crippen LogP contribution in [-0.2, 0) is 19.2 Å². The predicted molar refractivity (Wildman–Crippen MR) is 128 cm³/mol. The van der Waals surface area contributed by atoms with Gasteiger partial charge in [-0.2, -0.15) is 0 Å². The fraction of sp³-hybridized carbons (Fsp3) is 0.448. The Morgan fingerprint density at radius 2 is 1.75 bits per heavy atom. The summed E-state index contributed by atoms with van der Waals surface area (Å²) in [4.78, 5) is 55.2. The van der Waals surface area contributed by atoms with Crippen molar-refractivity contribution in [3.8, 4) is 5.75 Å². The minimum Gasteiger partial charge on any atom is -0.505 e. The summed E-state index contributed by atoms with van der Waals surface area (Å²) in [5, 5.41) is 9.76. The summed E-state index contributed by atoms with van der Waals surface area (Å²) in [6.07, 6.45) is 8.61. The topological polar surface area (TPSA) is 91.8 Å².